The molecule has 0 spiro atoms. The topological polar surface area (TPSA) is 53.9 Å². The number of aliphatic imine (C=N–C) groups is 1. The highest BCUT2D eigenvalue weighted by Crippen LogP contribution is 2.26. The zero-order valence-electron chi connectivity index (χ0n) is 18.0. The second-order valence-corrected chi connectivity index (χ2v) is 7.36. The molecule has 7 heteroatoms. The SMILES string of the molecule is CCN(CC)c1ccc(N=Cc2ccc(OCC(=O)Nc3ccccc3F)c(Cl)c2)cc1. The third kappa shape index (κ3) is 6.31. The van der Waals surface area contributed by atoms with E-state index in [2.05, 4.69) is 41.2 Å². The van der Waals surface area contributed by atoms with Crippen LogP contribution in [-0.2, 0) is 4.79 Å². The van der Waals surface area contributed by atoms with Crippen LogP contribution in [0.25, 0.3) is 0 Å². The van der Waals surface area contributed by atoms with Crippen molar-refractivity contribution in [1.82, 2.24) is 0 Å². The molecule has 0 aliphatic carbocycles. The number of amides is 1. The van der Waals surface area contributed by atoms with Gasteiger partial charge in [0.15, 0.2) is 6.61 Å². The first kappa shape index (κ1) is 23.3. The maximum absolute atomic E-state index is 13.6. The van der Waals surface area contributed by atoms with E-state index in [0.29, 0.717) is 10.8 Å². The number of carbonyl (C=O) groups is 1. The molecule has 0 heterocycles. The second-order valence-electron chi connectivity index (χ2n) is 6.95. The lowest BCUT2D eigenvalue weighted by atomic mass is 10.2. The summed E-state index contributed by atoms with van der Waals surface area (Å²) < 4.78 is 19.1. The standard InChI is InChI=1S/C25H25ClFN3O2/c1-3-30(4-2)20-12-10-19(11-13-20)28-16-18-9-14-24(21(26)15-18)32-17-25(31)29-23-8-6-5-7-22(23)27/h5-16H,3-4,17H2,1-2H3,(H,29,31). The molecular formula is C25H25ClFN3O2. The summed E-state index contributed by atoms with van der Waals surface area (Å²) in [7, 11) is 0. The summed E-state index contributed by atoms with van der Waals surface area (Å²) >= 11 is 6.28. The number of halogens is 2. The molecule has 3 aromatic carbocycles. The summed E-state index contributed by atoms with van der Waals surface area (Å²) in [5.74, 6) is -0.633. The fourth-order valence-corrected chi connectivity index (χ4v) is 3.34. The number of carbonyl (C=O) groups excluding carboxylic acids is 1. The van der Waals surface area contributed by atoms with E-state index < -0.39 is 11.7 Å². The quantitative estimate of drug-likeness (QED) is 0.398. The number of anilines is 2. The largest absolute Gasteiger partial charge is 0.482 e. The molecule has 1 N–H and O–H groups in total. The Kier molecular flexibility index (Phi) is 8.22. The number of hydrogen-bond acceptors (Lipinski definition) is 4. The Balaban J connectivity index is 1.57. The summed E-state index contributed by atoms with van der Waals surface area (Å²) in [6.07, 6.45) is 1.72. The van der Waals surface area contributed by atoms with Crippen LogP contribution < -0.4 is 15.0 Å². The first-order valence-electron chi connectivity index (χ1n) is 10.4. The van der Waals surface area contributed by atoms with Gasteiger partial charge in [-0.3, -0.25) is 9.79 Å². The van der Waals surface area contributed by atoms with Gasteiger partial charge < -0.3 is 15.0 Å². The van der Waals surface area contributed by atoms with Crippen molar-refractivity contribution < 1.29 is 13.9 Å². The number of rotatable bonds is 9. The number of nitrogens with zero attached hydrogens (tertiary/aromatic N) is 2. The third-order valence-electron chi connectivity index (χ3n) is 4.80. The average Bonchev–Trinajstić information content (AvgIpc) is 2.80. The van der Waals surface area contributed by atoms with Crippen molar-refractivity contribution in [2.24, 2.45) is 4.99 Å². The van der Waals surface area contributed by atoms with E-state index >= 15 is 0 Å². The van der Waals surface area contributed by atoms with Crippen LogP contribution in [0, 0.1) is 5.82 Å². The Morgan fingerprint density at radius 3 is 2.47 bits per heavy atom. The molecule has 0 saturated carbocycles. The Morgan fingerprint density at radius 1 is 1.09 bits per heavy atom. The van der Waals surface area contributed by atoms with Crippen molar-refractivity contribution in [3.05, 3.63) is 83.1 Å². The molecule has 3 aromatic rings. The lowest BCUT2D eigenvalue weighted by molar-refractivity contribution is -0.118. The lowest BCUT2D eigenvalue weighted by Gasteiger charge is -2.20. The van der Waals surface area contributed by atoms with Crippen LogP contribution in [0.4, 0.5) is 21.5 Å². The van der Waals surface area contributed by atoms with Crippen molar-refractivity contribution in [3.63, 3.8) is 0 Å². The van der Waals surface area contributed by atoms with Crippen LogP contribution in [0.3, 0.4) is 0 Å². The van der Waals surface area contributed by atoms with Gasteiger partial charge in [-0.1, -0.05) is 23.7 Å². The van der Waals surface area contributed by atoms with Crippen LogP contribution in [0.15, 0.2) is 71.7 Å². The monoisotopic (exact) mass is 453 g/mol. The zero-order valence-corrected chi connectivity index (χ0v) is 18.8. The molecule has 32 heavy (non-hydrogen) atoms. The predicted octanol–water partition coefficient (Wildman–Crippen LogP) is 6.09. The first-order chi connectivity index (χ1) is 15.5. The fraction of sp³-hybridized carbons (Fsp3) is 0.200. The summed E-state index contributed by atoms with van der Waals surface area (Å²) in [5, 5.41) is 2.81. The summed E-state index contributed by atoms with van der Waals surface area (Å²) in [6, 6.07) is 19.1. The van der Waals surface area contributed by atoms with E-state index in [1.165, 1.54) is 12.1 Å². The number of ether oxygens (including phenoxy) is 1. The maximum Gasteiger partial charge on any atom is 0.262 e. The minimum absolute atomic E-state index is 0.101. The number of benzene rings is 3. The molecule has 0 unspecified atom stereocenters. The molecule has 0 saturated heterocycles. The van der Waals surface area contributed by atoms with Gasteiger partial charge in [0.25, 0.3) is 5.91 Å². The van der Waals surface area contributed by atoms with Gasteiger partial charge in [-0.05, 0) is 74.0 Å². The molecule has 0 bridgehead atoms. The number of para-hydroxylation sites is 1. The zero-order chi connectivity index (χ0) is 22.9. The molecule has 166 valence electrons. The Hall–Kier alpha value is -3.38. The van der Waals surface area contributed by atoms with Gasteiger partial charge >= 0.3 is 0 Å². The lowest BCUT2D eigenvalue weighted by Crippen LogP contribution is -2.21. The van der Waals surface area contributed by atoms with Gasteiger partial charge in [0.05, 0.1) is 16.4 Å². The van der Waals surface area contributed by atoms with E-state index in [0.717, 1.165) is 30.0 Å². The normalized spacial score (nSPS) is 10.9. The van der Waals surface area contributed by atoms with Crippen molar-refractivity contribution in [3.8, 4) is 5.75 Å². The summed E-state index contributed by atoms with van der Waals surface area (Å²) in [4.78, 5) is 18.8. The van der Waals surface area contributed by atoms with E-state index in [1.807, 2.05) is 12.1 Å². The fourth-order valence-electron chi connectivity index (χ4n) is 3.09. The minimum Gasteiger partial charge on any atom is -0.482 e. The first-order valence-corrected chi connectivity index (χ1v) is 10.7. The van der Waals surface area contributed by atoms with Crippen molar-refractivity contribution in [2.75, 3.05) is 29.9 Å². The van der Waals surface area contributed by atoms with E-state index in [4.69, 9.17) is 16.3 Å². The van der Waals surface area contributed by atoms with Gasteiger partial charge in [-0.15, -0.1) is 0 Å². The molecule has 0 fully saturated rings. The van der Waals surface area contributed by atoms with Crippen LogP contribution in [-0.4, -0.2) is 31.8 Å². The highest BCUT2D eigenvalue weighted by Gasteiger charge is 2.09. The summed E-state index contributed by atoms with van der Waals surface area (Å²) in [6.45, 7) is 5.87. The molecule has 0 radical (unpaired) electrons. The van der Waals surface area contributed by atoms with Crippen molar-refractivity contribution in [1.29, 1.82) is 0 Å². The minimum atomic E-state index is -0.509. The molecule has 0 aromatic heterocycles. The molecule has 1 amide bonds. The number of nitrogens with one attached hydrogen (secondary N) is 1. The van der Waals surface area contributed by atoms with E-state index in [9.17, 15) is 9.18 Å². The summed E-state index contributed by atoms with van der Waals surface area (Å²) in [5.41, 5.74) is 2.90. The van der Waals surface area contributed by atoms with Gasteiger partial charge in [-0.25, -0.2) is 4.39 Å². The predicted molar refractivity (Wildman–Crippen MR) is 129 cm³/mol. The van der Waals surface area contributed by atoms with Crippen LogP contribution in [0.5, 0.6) is 5.75 Å². The molecule has 0 aliphatic rings. The van der Waals surface area contributed by atoms with Gasteiger partial charge in [0.1, 0.15) is 11.6 Å². The Bertz CT molecular complexity index is 1080. The van der Waals surface area contributed by atoms with Crippen molar-refractivity contribution in [2.45, 2.75) is 13.8 Å². The van der Waals surface area contributed by atoms with Gasteiger partial charge in [0.2, 0.25) is 0 Å². The molecular weight excluding hydrogens is 429 g/mol. The third-order valence-corrected chi connectivity index (χ3v) is 5.10. The van der Waals surface area contributed by atoms with Crippen LogP contribution in [0.1, 0.15) is 19.4 Å². The van der Waals surface area contributed by atoms with E-state index in [-0.39, 0.29) is 12.3 Å². The maximum atomic E-state index is 13.6. The number of hydrogen-bond donors (Lipinski definition) is 1. The Labute approximate surface area is 192 Å². The molecule has 5 nitrogen and oxygen atoms in total. The Morgan fingerprint density at radius 2 is 1.81 bits per heavy atom. The molecule has 0 atom stereocenters. The smallest absolute Gasteiger partial charge is 0.262 e. The van der Waals surface area contributed by atoms with Crippen molar-refractivity contribution >= 4 is 40.8 Å². The molecule has 3 rings (SSSR count). The highest BCUT2D eigenvalue weighted by molar-refractivity contribution is 6.32. The molecule has 0 aliphatic heterocycles. The van der Waals surface area contributed by atoms with Gasteiger partial charge in [-0.2, -0.15) is 0 Å². The van der Waals surface area contributed by atoms with Crippen LogP contribution >= 0.6 is 11.6 Å². The average molecular weight is 454 g/mol. The van der Waals surface area contributed by atoms with Crippen LogP contribution in [0.2, 0.25) is 5.02 Å². The highest BCUT2D eigenvalue weighted by atomic mass is 35.5. The van der Waals surface area contributed by atoms with E-state index in [1.54, 1.807) is 36.5 Å². The second kappa shape index (κ2) is 11.3. The van der Waals surface area contributed by atoms with Gasteiger partial charge in [0, 0.05) is 25.0 Å².